The fourth-order valence-corrected chi connectivity index (χ4v) is 3.67. The van der Waals surface area contributed by atoms with Crippen LogP contribution in [0, 0.1) is 11.2 Å². The van der Waals surface area contributed by atoms with Crippen molar-refractivity contribution in [2.75, 3.05) is 4.90 Å². The average molecular weight is 384 g/mol. The van der Waals surface area contributed by atoms with Crippen molar-refractivity contribution in [3.05, 3.63) is 62.3 Å². The number of halogens is 3. The standard InChI is InChI=1S/C14H9Br2FN2/c15-11-2-1-3-12(16)13(11)19-7-8-4-5-9(17)6-10(8)14(19)18/h1-6,18H,7H2. The van der Waals surface area contributed by atoms with Gasteiger partial charge < -0.3 is 4.90 Å². The molecule has 1 heterocycles. The van der Waals surface area contributed by atoms with Crippen molar-refractivity contribution in [1.82, 2.24) is 0 Å². The van der Waals surface area contributed by atoms with Gasteiger partial charge in [-0.2, -0.15) is 0 Å². The van der Waals surface area contributed by atoms with Gasteiger partial charge in [0.2, 0.25) is 0 Å². The van der Waals surface area contributed by atoms with Crippen molar-refractivity contribution in [3.8, 4) is 0 Å². The second kappa shape index (κ2) is 4.72. The molecule has 0 bridgehead atoms. The lowest BCUT2D eigenvalue weighted by Crippen LogP contribution is -2.23. The fraction of sp³-hybridized carbons (Fsp3) is 0.0714. The molecular formula is C14H9Br2FN2. The molecule has 2 nitrogen and oxygen atoms in total. The van der Waals surface area contributed by atoms with E-state index in [4.69, 9.17) is 5.41 Å². The van der Waals surface area contributed by atoms with Gasteiger partial charge in [0.15, 0.2) is 0 Å². The second-order valence-corrected chi connectivity index (χ2v) is 6.02. The average Bonchev–Trinajstić information content (AvgIpc) is 2.67. The molecular weight excluding hydrogens is 375 g/mol. The molecule has 96 valence electrons. The largest absolute Gasteiger partial charge is 0.320 e. The van der Waals surface area contributed by atoms with Crippen LogP contribution in [0.4, 0.5) is 10.1 Å². The molecule has 0 saturated heterocycles. The van der Waals surface area contributed by atoms with E-state index >= 15 is 0 Å². The summed E-state index contributed by atoms with van der Waals surface area (Å²) < 4.78 is 15.1. The molecule has 0 unspecified atom stereocenters. The molecule has 0 saturated carbocycles. The number of hydrogen-bond donors (Lipinski definition) is 1. The molecule has 0 radical (unpaired) electrons. The molecule has 1 aliphatic rings. The van der Waals surface area contributed by atoms with Crippen LogP contribution in [0.15, 0.2) is 45.3 Å². The van der Waals surface area contributed by atoms with Crippen molar-refractivity contribution < 1.29 is 4.39 Å². The van der Waals surface area contributed by atoms with E-state index in [-0.39, 0.29) is 5.82 Å². The van der Waals surface area contributed by atoms with Crippen LogP contribution in [0.1, 0.15) is 11.1 Å². The van der Waals surface area contributed by atoms with E-state index in [9.17, 15) is 4.39 Å². The van der Waals surface area contributed by atoms with Crippen molar-refractivity contribution in [2.24, 2.45) is 0 Å². The van der Waals surface area contributed by atoms with Crippen LogP contribution in [0.2, 0.25) is 0 Å². The number of amidine groups is 1. The summed E-state index contributed by atoms with van der Waals surface area (Å²) in [4.78, 5) is 1.86. The molecule has 1 aliphatic heterocycles. The predicted molar refractivity (Wildman–Crippen MR) is 81.3 cm³/mol. The first-order chi connectivity index (χ1) is 9.08. The number of fused-ring (bicyclic) bond motifs is 1. The summed E-state index contributed by atoms with van der Waals surface area (Å²) >= 11 is 7.00. The second-order valence-electron chi connectivity index (χ2n) is 4.31. The molecule has 2 aromatic rings. The monoisotopic (exact) mass is 382 g/mol. The zero-order chi connectivity index (χ0) is 13.6. The summed E-state index contributed by atoms with van der Waals surface area (Å²) in [6, 6.07) is 10.4. The molecule has 19 heavy (non-hydrogen) atoms. The van der Waals surface area contributed by atoms with Crippen molar-refractivity contribution >= 4 is 43.4 Å². The van der Waals surface area contributed by atoms with Gasteiger partial charge in [0.1, 0.15) is 11.7 Å². The zero-order valence-electron chi connectivity index (χ0n) is 9.75. The van der Waals surface area contributed by atoms with Gasteiger partial charge in [-0.15, -0.1) is 0 Å². The summed E-state index contributed by atoms with van der Waals surface area (Å²) in [5.74, 6) is 0.0126. The highest BCUT2D eigenvalue weighted by Crippen LogP contribution is 2.38. The lowest BCUT2D eigenvalue weighted by Gasteiger charge is -2.21. The topological polar surface area (TPSA) is 27.1 Å². The van der Waals surface area contributed by atoms with Crippen LogP contribution in [-0.2, 0) is 6.54 Å². The maximum Gasteiger partial charge on any atom is 0.133 e. The Balaban J connectivity index is 2.09. The molecule has 1 N–H and O–H groups in total. The lowest BCUT2D eigenvalue weighted by molar-refractivity contribution is 0.627. The third kappa shape index (κ3) is 2.11. The van der Waals surface area contributed by atoms with E-state index in [2.05, 4.69) is 31.9 Å². The minimum atomic E-state index is -0.309. The number of rotatable bonds is 1. The van der Waals surface area contributed by atoms with Crippen molar-refractivity contribution in [1.29, 1.82) is 5.41 Å². The molecule has 3 rings (SSSR count). The highest BCUT2D eigenvalue weighted by molar-refractivity contribution is 9.11. The van der Waals surface area contributed by atoms with Crippen LogP contribution >= 0.6 is 31.9 Å². The van der Waals surface area contributed by atoms with Crippen LogP contribution < -0.4 is 4.90 Å². The SMILES string of the molecule is N=C1c2cc(F)ccc2CN1c1c(Br)cccc1Br. The number of anilines is 1. The number of para-hydroxylation sites is 1. The minimum absolute atomic E-state index is 0.309. The Hall–Kier alpha value is -1.20. The molecule has 0 fully saturated rings. The third-order valence-corrected chi connectivity index (χ3v) is 4.41. The molecule has 0 atom stereocenters. The Kier molecular flexibility index (Phi) is 3.19. The fourth-order valence-electron chi connectivity index (χ4n) is 2.24. The number of nitrogens with one attached hydrogen (secondary N) is 1. The Morgan fingerprint density at radius 1 is 1.11 bits per heavy atom. The smallest absolute Gasteiger partial charge is 0.133 e. The molecule has 0 aromatic heterocycles. The lowest BCUT2D eigenvalue weighted by atomic mass is 10.1. The summed E-state index contributed by atoms with van der Waals surface area (Å²) in [5, 5.41) is 8.23. The first-order valence-electron chi connectivity index (χ1n) is 5.67. The first kappa shape index (κ1) is 12.8. The number of hydrogen-bond acceptors (Lipinski definition) is 1. The van der Waals surface area contributed by atoms with E-state index in [1.807, 2.05) is 23.1 Å². The van der Waals surface area contributed by atoms with Gasteiger partial charge in [-0.1, -0.05) is 12.1 Å². The maximum absolute atomic E-state index is 13.3. The van der Waals surface area contributed by atoms with Crippen LogP contribution in [-0.4, -0.2) is 5.84 Å². The Bertz CT molecular complexity index is 665. The predicted octanol–water partition coefficient (Wildman–Crippen LogP) is 4.70. The van der Waals surface area contributed by atoms with Gasteiger partial charge >= 0.3 is 0 Å². The summed E-state index contributed by atoms with van der Waals surface area (Å²) in [5.41, 5.74) is 2.51. The van der Waals surface area contributed by atoms with Gasteiger partial charge in [-0.05, 0) is 61.7 Å². The normalized spacial score (nSPS) is 13.8. The Morgan fingerprint density at radius 2 is 1.79 bits per heavy atom. The van der Waals surface area contributed by atoms with Crippen molar-refractivity contribution in [3.63, 3.8) is 0 Å². The van der Waals surface area contributed by atoms with Gasteiger partial charge in [-0.3, -0.25) is 5.41 Å². The van der Waals surface area contributed by atoms with Crippen LogP contribution in [0.5, 0.6) is 0 Å². The van der Waals surface area contributed by atoms with E-state index in [1.54, 1.807) is 6.07 Å². The number of benzene rings is 2. The van der Waals surface area contributed by atoms with E-state index < -0.39 is 0 Å². The summed E-state index contributed by atoms with van der Waals surface area (Å²) in [7, 11) is 0. The Labute approximate surface area is 127 Å². The highest BCUT2D eigenvalue weighted by atomic mass is 79.9. The minimum Gasteiger partial charge on any atom is -0.320 e. The van der Waals surface area contributed by atoms with Crippen LogP contribution in [0.3, 0.4) is 0 Å². The van der Waals surface area contributed by atoms with E-state index in [0.717, 1.165) is 20.2 Å². The summed E-state index contributed by atoms with van der Waals surface area (Å²) in [6.07, 6.45) is 0. The first-order valence-corrected chi connectivity index (χ1v) is 7.25. The molecule has 0 spiro atoms. The molecule has 0 aliphatic carbocycles. The van der Waals surface area contributed by atoms with Gasteiger partial charge in [0.25, 0.3) is 0 Å². The van der Waals surface area contributed by atoms with E-state index in [1.165, 1.54) is 12.1 Å². The van der Waals surface area contributed by atoms with Gasteiger partial charge in [-0.25, -0.2) is 4.39 Å². The third-order valence-electron chi connectivity index (χ3n) is 3.13. The number of nitrogens with zero attached hydrogens (tertiary/aromatic N) is 1. The quantitative estimate of drug-likeness (QED) is 0.759. The molecule has 5 heteroatoms. The van der Waals surface area contributed by atoms with Crippen molar-refractivity contribution in [2.45, 2.75) is 6.54 Å². The van der Waals surface area contributed by atoms with Crippen LogP contribution in [0.25, 0.3) is 0 Å². The molecule has 0 amide bonds. The summed E-state index contributed by atoms with van der Waals surface area (Å²) in [6.45, 7) is 0.579. The van der Waals surface area contributed by atoms with Gasteiger partial charge in [0.05, 0.1) is 12.2 Å². The maximum atomic E-state index is 13.3. The highest BCUT2D eigenvalue weighted by Gasteiger charge is 2.28. The Morgan fingerprint density at radius 3 is 2.47 bits per heavy atom. The molecule has 2 aromatic carbocycles. The van der Waals surface area contributed by atoms with E-state index in [0.29, 0.717) is 17.9 Å². The zero-order valence-corrected chi connectivity index (χ0v) is 12.9. The van der Waals surface area contributed by atoms with Gasteiger partial charge in [0, 0.05) is 14.5 Å².